The Labute approximate surface area is 211 Å². The Balaban J connectivity index is 1.52. The first kappa shape index (κ1) is 25.0. The predicted molar refractivity (Wildman–Crippen MR) is 133 cm³/mol. The van der Waals surface area contributed by atoms with Gasteiger partial charge in [-0.2, -0.15) is 5.10 Å². The molecule has 0 bridgehead atoms. The lowest BCUT2D eigenvalue weighted by atomic mass is 10.0. The minimum Gasteiger partial charge on any atom is -0.479 e. The summed E-state index contributed by atoms with van der Waals surface area (Å²) < 4.78 is 0. The number of carbonyl (C=O) groups excluding carboxylic acids is 1. The van der Waals surface area contributed by atoms with Crippen LogP contribution in [0.2, 0.25) is 5.02 Å². The van der Waals surface area contributed by atoms with Crippen LogP contribution >= 0.6 is 11.6 Å². The van der Waals surface area contributed by atoms with Gasteiger partial charge in [0.25, 0.3) is 5.91 Å². The number of aromatic amines is 1. The summed E-state index contributed by atoms with van der Waals surface area (Å²) >= 11 is 6.09. The van der Waals surface area contributed by atoms with Gasteiger partial charge in [0.15, 0.2) is 5.60 Å². The molecule has 2 aromatic heterocycles. The largest absolute Gasteiger partial charge is 0.479 e. The second kappa shape index (κ2) is 10.6. The number of carbonyl (C=O) groups is 2. The first-order valence-electron chi connectivity index (χ1n) is 10.9. The van der Waals surface area contributed by atoms with Gasteiger partial charge in [-0.25, -0.2) is 9.80 Å². The number of rotatable bonds is 9. The number of nitrogens with zero attached hydrogens (tertiary/aromatic N) is 4. The lowest BCUT2D eigenvalue weighted by Crippen LogP contribution is -2.52. The average Bonchev–Trinajstić information content (AvgIpc) is 3.35. The monoisotopic (exact) mass is 506 g/mol. The number of aliphatic hydroxyl groups is 1. The number of aromatic nitrogens is 4. The van der Waals surface area contributed by atoms with E-state index in [4.69, 9.17) is 11.6 Å². The van der Waals surface area contributed by atoms with E-state index in [0.29, 0.717) is 16.4 Å². The third kappa shape index (κ3) is 6.11. The normalized spacial score (nSPS) is 12.8. The third-order valence-corrected chi connectivity index (χ3v) is 5.59. The lowest BCUT2D eigenvalue weighted by molar-refractivity contribution is -0.159. The van der Waals surface area contributed by atoms with Gasteiger partial charge in [0.05, 0.1) is 12.7 Å². The Morgan fingerprint density at radius 1 is 1.08 bits per heavy atom. The fraction of sp³-hybridized carbons (Fsp3) is 0.160. The average molecular weight is 507 g/mol. The van der Waals surface area contributed by atoms with Gasteiger partial charge in [0.1, 0.15) is 17.1 Å². The lowest BCUT2D eigenvalue weighted by Gasteiger charge is -2.29. The van der Waals surface area contributed by atoms with Gasteiger partial charge in [-0.15, -0.1) is 0 Å². The van der Waals surface area contributed by atoms with E-state index >= 15 is 0 Å². The molecule has 4 rings (SSSR count). The molecular formula is C25H23ClN6O4. The van der Waals surface area contributed by atoms with E-state index in [1.165, 1.54) is 36.6 Å². The van der Waals surface area contributed by atoms with E-state index in [2.05, 4.69) is 25.6 Å². The van der Waals surface area contributed by atoms with Crippen molar-refractivity contribution in [2.45, 2.75) is 19.1 Å². The van der Waals surface area contributed by atoms with Crippen LogP contribution in [0.5, 0.6) is 0 Å². The summed E-state index contributed by atoms with van der Waals surface area (Å²) in [5, 5.41) is 28.4. The van der Waals surface area contributed by atoms with Crippen LogP contribution in [0.4, 0.5) is 0 Å². The molecule has 0 saturated heterocycles. The number of aliphatic carboxylic acids is 1. The molecule has 0 fully saturated rings. The summed E-state index contributed by atoms with van der Waals surface area (Å²) in [5.74, 6) is -1.97. The van der Waals surface area contributed by atoms with E-state index < -0.39 is 17.5 Å². The number of nitrogens with one attached hydrogen (secondary N) is 2. The third-order valence-electron chi connectivity index (χ3n) is 5.35. The Morgan fingerprint density at radius 2 is 1.86 bits per heavy atom. The van der Waals surface area contributed by atoms with Gasteiger partial charge >= 0.3 is 5.97 Å². The van der Waals surface area contributed by atoms with Gasteiger partial charge in [-0.3, -0.25) is 25.3 Å². The summed E-state index contributed by atoms with van der Waals surface area (Å²) in [6, 6.07) is 16.5. The predicted octanol–water partition coefficient (Wildman–Crippen LogP) is 3.17. The van der Waals surface area contributed by atoms with Crippen molar-refractivity contribution in [2.75, 3.05) is 6.54 Å². The van der Waals surface area contributed by atoms with Crippen LogP contribution in [0.3, 0.4) is 0 Å². The molecule has 1 atom stereocenters. The van der Waals surface area contributed by atoms with E-state index in [9.17, 15) is 19.8 Å². The zero-order valence-electron chi connectivity index (χ0n) is 19.2. The molecule has 2 heterocycles. The summed E-state index contributed by atoms with van der Waals surface area (Å²) in [7, 11) is 0. The molecular weight excluding hydrogens is 484 g/mol. The number of hydrogen-bond acceptors (Lipinski definition) is 7. The van der Waals surface area contributed by atoms with Gasteiger partial charge in [-0.05, 0) is 41.8 Å². The van der Waals surface area contributed by atoms with E-state index in [1.54, 1.807) is 6.07 Å². The van der Waals surface area contributed by atoms with Gasteiger partial charge in [0, 0.05) is 24.0 Å². The van der Waals surface area contributed by atoms with Gasteiger partial charge in [0.2, 0.25) is 0 Å². The Bertz CT molecular complexity index is 1360. The molecule has 184 valence electrons. The first-order chi connectivity index (χ1) is 17.2. The minimum absolute atomic E-state index is 0.131. The molecule has 4 aromatic rings. The van der Waals surface area contributed by atoms with Crippen LogP contribution in [0.25, 0.3) is 22.5 Å². The highest BCUT2D eigenvalue weighted by atomic mass is 35.5. The van der Waals surface area contributed by atoms with E-state index in [0.717, 1.165) is 16.7 Å². The van der Waals surface area contributed by atoms with Crippen molar-refractivity contribution in [1.82, 2.24) is 30.6 Å². The van der Waals surface area contributed by atoms with Crippen LogP contribution in [-0.2, 0) is 11.3 Å². The summed E-state index contributed by atoms with van der Waals surface area (Å²) in [5.41, 5.74) is 4.28. The topological polar surface area (TPSA) is 144 Å². The summed E-state index contributed by atoms with van der Waals surface area (Å²) in [6.07, 6.45) is 4.55. The van der Waals surface area contributed by atoms with Gasteiger partial charge < -0.3 is 10.2 Å². The fourth-order valence-corrected chi connectivity index (χ4v) is 3.66. The van der Waals surface area contributed by atoms with E-state index in [1.807, 2.05) is 42.5 Å². The van der Waals surface area contributed by atoms with Crippen molar-refractivity contribution in [3.8, 4) is 22.5 Å². The quantitative estimate of drug-likeness (QED) is 0.253. The maximum atomic E-state index is 12.9. The number of benzene rings is 2. The number of hydrogen-bond donors (Lipinski definition) is 4. The van der Waals surface area contributed by atoms with Crippen molar-refractivity contribution in [2.24, 2.45) is 0 Å². The highest BCUT2D eigenvalue weighted by molar-refractivity contribution is 6.30. The SMILES string of the molecule is C[C@@](O)(CN(Cc1ccc(-c2cccc(Cl)c2)cc1)NC(=O)c1cc(-c2cnccn2)n[nH]1)C(=O)O. The second-order valence-corrected chi connectivity index (χ2v) is 8.78. The van der Waals surface area contributed by atoms with Gasteiger partial charge in [-0.1, -0.05) is 48.0 Å². The number of carboxylic acids is 1. The van der Waals surface area contributed by atoms with Crippen molar-refractivity contribution < 1.29 is 19.8 Å². The minimum atomic E-state index is -2.10. The molecule has 4 N–H and O–H groups in total. The molecule has 0 aliphatic carbocycles. The van der Waals surface area contributed by atoms with Crippen LogP contribution in [0.15, 0.2) is 73.2 Å². The smallest absolute Gasteiger partial charge is 0.336 e. The van der Waals surface area contributed by atoms with Crippen LogP contribution in [0, 0.1) is 0 Å². The van der Waals surface area contributed by atoms with Crippen molar-refractivity contribution in [1.29, 1.82) is 0 Å². The van der Waals surface area contributed by atoms with E-state index in [-0.39, 0.29) is 18.8 Å². The molecule has 0 radical (unpaired) electrons. The molecule has 0 aliphatic rings. The Kier molecular flexibility index (Phi) is 7.39. The molecule has 0 saturated carbocycles. The zero-order chi connectivity index (χ0) is 25.7. The molecule has 0 spiro atoms. The van der Waals surface area contributed by atoms with Crippen molar-refractivity contribution in [3.63, 3.8) is 0 Å². The zero-order valence-corrected chi connectivity index (χ0v) is 20.0. The fourth-order valence-electron chi connectivity index (χ4n) is 3.47. The number of H-pyrrole nitrogens is 1. The maximum absolute atomic E-state index is 12.9. The Morgan fingerprint density at radius 3 is 2.53 bits per heavy atom. The number of carboxylic acid groups (broad SMARTS) is 1. The first-order valence-corrected chi connectivity index (χ1v) is 11.3. The summed E-state index contributed by atoms with van der Waals surface area (Å²) in [6.45, 7) is 0.935. The molecule has 36 heavy (non-hydrogen) atoms. The standard InChI is InChI=1S/C25H23ClN6O4/c1-25(36,24(34)35)15-32(14-16-5-7-17(8-6-16)18-3-2-4-19(26)11-18)31-23(33)21-12-20(29-30-21)22-13-27-9-10-28-22/h2-13,36H,14-15H2,1H3,(H,29,30)(H,31,33)(H,34,35)/t25-/m1/s1. The maximum Gasteiger partial charge on any atom is 0.336 e. The van der Waals surface area contributed by atoms with Crippen molar-refractivity contribution in [3.05, 3.63) is 89.5 Å². The number of halogens is 1. The van der Waals surface area contributed by atoms with Crippen LogP contribution in [-0.4, -0.2) is 59.4 Å². The highest BCUT2D eigenvalue weighted by Crippen LogP contribution is 2.23. The van der Waals surface area contributed by atoms with Crippen LogP contribution < -0.4 is 5.43 Å². The molecule has 0 unspecified atom stereocenters. The molecule has 10 nitrogen and oxygen atoms in total. The molecule has 11 heteroatoms. The molecule has 2 aromatic carbocycles. The van der Waals surface area contributed by atoms with Crippen molar-refractivity contribution >= 4 is 23.5 Å². The highest BCUT2D eigenvalue weighted by Gasteiger charge is 2.33. The number of hydrazine groups is 1. The van der Waals surface area contributed by atoms with Crippen LogP contribution in [0.1, 0.15) is 23.0 Å². The second-order valence-electron chi connectivity index (χ2n) is 8.34. The Hall–Kier alpha value is -4.12. The summed E-state index contributed by atoms with van der Waals surface area (Å²) in [4.78, 5) is 32.6. The number of amides is 1. The molecule has 0 aliphatic heterocycles. The molecule has 1 amide bonds.